The highest BCUT2D eigenvalue weighted by Crippen LogP contribution is 2.21. The lowest BCUT2D eigenvalue weighted by molar-refractivity contribution is 0.101. The van der Waals surface area contributed by atoms with E-state index in [4.69, 9.17) is 4.52 Å². The number of nitrogens with zero attached hydrogens (tertiary/aromatic N) is 2. The lowest BCUT2D eigenvalue weighted by atomic mass is 10.2. The summed E-state index contributed by atoms with van der Waals surface area (Å²) in [6.07, 6.45) is 2.04. The van der Waals surface area contributed by atoms with Crippen LogP contribution in [0.15, 0.2) is 28.8 Å². The molecule has 1 fully saturated rings. The van der Waals surface area contributed by atoms with Gasteiger partial charge in [0.2, 0.25) is 5.89 Å². The minimum absolute atomic E-state index is 0.0626. The Bertz CT molecular complexity index is 622. The average Bonchev–Trinajstić information content (AvgIpc) is 3.10. The Morgan fingerprint density at radius 1 is 1.50 bits per heavy atom. The molecule has 20 heavy (non-hydrogen) atoms. The molecule has 7 heteroatoms. The van der Waals surface area contributed by atoms with E-state index in [1.165, 1.54) is 0 Å². The third kappa shape index (κ3) is 2.98. The fourth-order valence-electron chi connectivity index (χ4n) is 2.12. The maximum Gasteiger partial charge on any atom is 0.297 e. The molecule has 2 N–H and O–H groups in total. The molecule has 1 aliphatic rings. The normalized spacial score (nSPS) is 18.1. The van der Waals surface area contributed by atoms with E-state index in [9.17, 15) is 4.79 Å². The maximum absolute atomic E-state index is 12.0. The van der Waals surface area contributed by atoms with E-state index in [1.54, 1.807) is 0 Å². The van der Waals surface area contributed by atoms with Crippen molar-refractivity contribution in [3.63, 3.8) is 0 Å². The largest absolute Gasteiger partial charge is 0.337 e. The quantitative estimate of drug-likeness (QED) is 0.795. The van der Waals surface area contributed by atoms with Crippen LogP contribution in [0.4, 0.5) is 5.69 Å². The molecule has 2 aromatic rings. The maximum atomic E-state index is 12.0. The second-order valence-electron chi connectivity index (χ2n) is 4.57. The molecule has 0 saturated carbocycles. The third-order valence-corrected chi connectivity index (χ3v) is 3.76. The van der Waals surface area contributed by atoms with Crippen LogP contribution in [-0.2, 0) is 0 Å². The highest BCUT2D eigenvalue weighted by Gasteiger charge is 2.24. The number of rotatable bonds is 3. The molecule has 0 spiro atoms. The minimum Gasteiger partial charge on any atom is -0.337 e. The van der Waals surface area contributed by atoms with E-state index in [0.29, 0.717) is 11.6 Å². The molecule has 1 unspecified atom stereocenters. The number of benzene rings is 1. The summed E-state index contributed by atoms with van der Waals surface area (Å²) in [5.41, 5.74) is 0.715. The van der Waals surface area contributed by atoms with Gasteiger partial charge in [-0.3, -0.25) is 4.79 Å². The van der Waals surface area contributed by atoms with Gasteiger partial charge in [0.15, 0.2) is 0 Å². The molecule has 1 saturated heterocycles. The van der Waals surface area contributed by atoms with Gasteiger partial charge in [-0.05, 0) is 60.2 Å². The van der Waals surface area contributed by atoms with Gasteiger partial charge >= 0.3 is 0 Å². The number of anilines is 1. The van der Waals surface area contributed by atoms with Crippen LogP contribution in [0, 0.1) is 3.57 Å². The van der Waals surface area contributed by atoms with Gasteiger partial charge in [-0.15, -0.1) is 0 Å². The summed E-state index contributed by atoms with van der Waals surface area (Å²) in [6.45, 7) is 0.941. The summed E-state index contributed by atoms with van der Waals surface area (Å²) in [5.74, 6) is 0.183. The number of amides is 1. The summed E-state index contributed by atoms with van der Waals surface area (Å²) < 4.78 is 6.19. The van der Waals surface area contributed by atoms with Crippen molar-refractivity contribution in [1.82, 2.24) is 15.5 Å². The van der Waals surface area contributed by atoms with E-state index in [-0.39, 0.29) is 17.8 Å². The average molecular weight is 384 g/mol. The molecule has 0 bridgehead atoms. The fourth-order valence-corrected chi connectivity index (χ4v) is 2.66. The van der Waals surface area contributed by atoms with Crippen LogP contribution in [0.3, 0.4) is 0 Å². The van der Waals surface area contributed by atoms with Gasteiger partial charge in [0.05, 0.1) is 6.04 Å². The van der Waals surface area contributed by atoms with Crippen molar-refractivity contribution in [2.75, 3.05) is 11.9 Å². The van der Waals surface area contributed by atoms with Gasteiger partial charge in [0.1, 0.15) is 0 Å². The molecule has 104 valence electrons. The Kier molecular flexibility index (Phi) is 3.97. The summed E-state index contributed by atoms with van der Waals surface area (Å²) in [7, 11) is 0. The standard InChI is InChI=1S/C13H13IN4O2/c14-8-3-1-4-9(7-8)16-12(19)11-17-13(20-18-11)10-5-2-6-15-10/h1,3-4,7,10,15H,2,5-6H2,(H,16,19). The van der Waals surface area contributed by atoms with E-state index in [1.807, 2.05) is 24.3 Å². The molecule has 3 rings (SSSR count). The summed E-state index contributed by atoms with van der Waals surface area (Å²) in [5, 5.41) is 9.75. The van der Waals surface area contributed by atoms with Crippen LogP contribution in [0.5, 0.6) is 0 Å². The van der Waals surface area contributed by atoms with Crippen LogP contribution < -0.4 is 10.6 Å². The van der Waals surface area contributed by atoms with Crippen LogP contribution in [0.2, 0.25) is 0 Å². The van der Waals surface area contributed by atoms with Crippen molar-refractivity contribution in [1.29, 1.82) is 0 Å². The second kappa shape index (κ2) is 5.88. The van der Waals surface area contributed by atoms with Crippen LogP contribution >= 0.6 is 22.6 Å². The molecule has 2 heterocycles. The van der Waals surface area contributed by atoms with Crippen LogP contribution in [0.1, 0.15) is 35.4 Å². The second-order valence-corrected chi connectivity index (χ2v) is 5.82. The molecular weight excluding hydrogens is 371 g/mol. The van der Waals surface area contributed by atoms with Crippen molar-refractivity contribution < 1.29 is 9.32 Å². The number of halogens is 1. The van der Waals surface area contributed by atoms with Gasteiger partial charge in [-0.1, -0.05) is 11.2 Å². The van der Waals surface area contributed by atoms with Gasteiger partial charge in [0, 0.05) is 9.26 Å². The van der Waals surface area contributed by atoms with E-state index < -0.39 is 0 Å². The number of hydrogen-bond acceptors (Lipinski definition) is 5. The number of aromatic nitrogens is 2. The zero-order valence-electron chi connectivity index (χ0n) is 10.6. The van der Waals surface area contributed by atoms with E-state index in [0.717, 1.165) is 23.0 Å². The zero-order chi connectivity index (χ0) is 13.9. The molecule has 1 aromatic heterocycles. The first-order valence-electron chi connectivity index (χ1n) is 6.36. The monoisotopic (exact) mass is 384 g/mol. The molecule has 1 aliphatic heterocycles. The van der Waals surface area contributed by atoms with Crippen molar-refractivity contribution in [2.24, 2.45) is 0 Å². The first-order valence-corrected chi connectivity index (χ1v) is 7.44. The Labute approximate surface area is 129 Å². The molecular formula is C13H13IN4O2. The summed E-state index contributed by atoms with van der Waals surface area (Å²) in [6, 6.07) is 7.59. The van der Waals surface area contributed by atoms with Gasteiger partial charge in [-0.25, -0.2) is 0 Å². The third-order valence-electron chi connectivity index (χ3n) is 3.09. The predicted octanol–water partition coefficient (Wildman–Crippen LogP) is 2.35. The number of carbonyl (C=O) groups is 1. The summed E-state index contributed by atoms with van der Waals surface area (Å²) in [4.78, 5) is 16.2. The van der Waals surface area contributed by atoms with Crippen molar-refractivity contribution in [3.05, 3.63) is 39.6 Å². The zero-order valence-corrected chi connectivity index (χ0v) is 12.8. The highest BCUT2D eigenvalue weighted by molar-refractivity contribution is 14.1. The Hall–Kier alpha value is -1.48. The fraction of sp³-hybridized carbons (Fsp3) is 0.308. The number of hydrogen-bond donors (Lipinski definition) is 2. The highest BCUT2D eigenvalue weighted by atomic mass is 127. The van der Waals surface area contributed by atoms with Crippen LogP contribution in [0.25, 0.3) is 0 Å². The van der Waals surface area contributed by atoms with Crippen molar-refractivity contribution >= 4 is 34.2 Å². The van der Waals surface area contributed by atoms with Gasteiger partial charge < -0.3 is 15.2 Å². The Morgan fingerprint density at radius 3 is 3.15 bits per heavy atom. The van der Waals surface area contributed by atoms with E-state index >= 15 is 0 Å². The summed E-state index contributed by atoms with van der Waals surface area (Å²) >= 11 is 2.19. The molecule has 6 nitrogen and oxygen atoms in total. The Morgan fingerprint density at radius 2 is 2.40 bits per heavy atom. The molecule has 1 atom stereocenters. The molecule has 1 amide bonds. The molecule has 1 aromatic carbocycles. The lowest BCUT2D eigenvalue weighted by Crippen LogP contribution is -2.15. The smallest absolute Gasteiger partial charge is 0.297 e. The Balaban J connectivity index is 1.71. The van der Waals surface area contributed by atoms with Crippen LogP contribution in [-0.4, -0.2) is 22.6 Å². The topological polar surface area (TPSA) is 80.0 Å². The first kappa shape index (κ1) is 13.5. The number of carbonyl (C=O) groups excluding carboxylic acids is 1. The number of nitrogens with one attached hydrogen (secondary N) is 2. The minimum atomic E-state index is -0.361. The SMILES string of the molecule is O=C(Nc1cccc(I)c1)c1noc(C2CCCN2)n1. The first-order chi connectivity index (χ1) is 9.72. The van der Waals surface area contributed by atoms with Gasteiger partial charge in [-0.2, -0.15) is 4.98 Å². The molecule has 0 aliphatic carbocycles. The van der Waals surface area contributed by atoms with Crippen molar-refractivity contribution in [3.8, 4) is 0 Å². The lowest BCUT2D eigenvalue weighted by Gasteiger charge is -2.02. The predicted molar refractivity (Wildman–Crippen MR) is 81.4 cm³/mol. The van der Waals surface area contributed by atoms with Crippen molar-refractivity contribution in [2.45, 2.75) is 18.9 Å². The van der Waals surface area contributed by atoms with Gasteiger partial charge in [0.25, 0.3) is 11.7 Å². The van der Waals surface area contributed by atoms with E-state index in [2.05, 4.69) is 43.4 Å². The molecule has 0 radical (unpaired) electrons.